The van der Waals surface area contributed by atoms with Gasteiger partial charge in [0.15, 0.2) is 0 Å². The van der Waals surface area contributed by atoms with E-state index in [1.165, 1.54) is 0 Å². The van der Waals surface area contributed by atoms with Crippen LogP contribution in [0.1, 0.15) is 12.5 Å². The average molecular weight is 376 g/mol. The Balaban J connectivity index is 2.85. The molecular weight excluding hydrogens is 365 g/mol. The number of alkyl halides is 7. The molecule has 0 bridgehead atoms. The van der Waals surface area contributed by atoms with Crippen molar-refractivity contribution in [1.29, 1.82) is 0 Å². The molecule has 1 aromatic rings. The third kappa shape index (κ3) is 4.60. The van der Waals surface area contributed by atoms with Crippen molar-refractivity contribution in [3.63, 3.8) is 0 Å². The van der Waals surface area contributed by atoms with Crippen molar-refractivity contribution in [1.82, 2.24) is 0 Å². The van der Waals surface area contributed by atoms with Crippen LogP contribution in [0.3, 0.4) is 0 Å². The fraction of sp³-hybridized carbons (Fsp3) is 0.429. The summed E-state index contributed by atoms with van der Waals surface area (Å²) < 4.78 is 96.1. The molecule has 0 fully saturated rings. The molecule has 0 saturated heterocycles. The van der Waals surface area contributed by atoms with Gasteiger partial charge in [0, 0.05) is 0 Å². The first kappa shape index (κ1) is 20.7. The number of benzene rings is 1. The van der Waals surface area contributed by atoms with Gasteiger partial charge < -0.3 is 9.47 Å². The zero-order valence-electron chi connectivity index (χ0n) is 12.5. The predicted molar refractivity (Wildman–Crippen MR) is 68.4 cm³/mol. The fourth-order valence-electron chi connectivity index (χ4n) is 1.53. The number of rotatable bonds is 6. The summed E-state index contributed by atoms with van der Waals surface area (Å²) in [6.45, 7) is 1.69. The summed E-state index contributed by atoms with van der Waals surface area (Å²) >= 11 is 0. The molecule has 4 nitrogen and oxygen atoms in total. The second-order valence-electron chi connectivity index (χ2n) is 4.66. The molecule has 140 valence electrons. The lowest BCUT2D eigenvalue weighted by Crippen LogP contribution is -2.57. The number of ether oxygens (including phenoxy) is 2. The molecule has 1 rings (SSSR count). The normalized spacial score (nSPS) is 12.6. The van der Waals surface area contributed by atoms with E-state index in [0.717, 1.165) is 24.3 Å². The van der Waals surface area contributed by atoms with Gasteiger partial charge in [-0.3, -0.25) is 4.79 Å². The first-order chi connectivity index (χ1) is 11.3. The quantitative estimate of drug-likeness (QED) is 0.433. The Labute approximate surface area is 136 Å². The SMILES string of the molecule is CCOC(=O)Cc1ccc(OC(=O)C(F)(F)C(F)(F)C(F)(F)F)cc1. The second-order valence-corrected chi connectivity index (χ2v) is 4.66. The minimum Gasteiger partial charge on any atom is -0.466 e. The van der Waals surface area contributed by atoms with Crippen LogP contribution >= 0.6 is 0 Å². The Hall–Kier alpha value is -2.33. The third-order valence-electron chi connectivity index (χ3n) is 2.79. The van der Waals surface area contributed by atoms with E-state index in [1.54, 1.807) is 6.92 Å². The van der Waals surface area contributed by atoms with Crippen LogP contribution < -0.4 is 4.74 Å². The molecule has 0 saturated carbocycles. The van der Waals surface area contributed by atoms with Gasteiger partial charge >= 0.3 is 30.0 Å². The molecule has 0 N–H and O–H groups in total. The number of halogens is 7. The molecule has 0 aliphatic rings. The Kier molecular flexibility index (Phi) is 6.03. The molecule has 11 heteroatoms. The van der Waals surface area contributed by atoms with Crippen molar-refractivity contribution >= 4 is 11.9 Å². The summed E-state index contributed by atoms with van der Waals surface area (Å²) in [4.78, 5) is 22.3. The van der Waals surface area contributed by atoms with Crippen molar-refractivity contribution in [2.24, 2.45) is 0 Å². The second kappa shape index (κ2) is 7.28. The maximum Gasteiger partial charge on any atom is 0.460 e. The zero-order chi connectivity index (χ0) is 19.5. The number of hydrogen-bond acceptors (Lipinski definition) is 4. The van der Waals surface area contributed by atoms with Crippen LogP contribution in [0.5, 0.6) is 5.75 Å². The lowest BCUT2D eigenvalue weighted by molar-refractivity contribution is -0.346. The van der Waals surface area contributed by atoms with Crippen LogP contribution in [-0.4, -0.2) is 36.6 Å². The molecule has 0 heterocycles. The molecule has 0 aromatic heterocycles. The van der Waals surface area contributed by atoms with Gasteiger partial charge in [-0.25, -0.2) is 4.79 Å². The Morgan fingerprint density at radius 2 is 1.48 bits per heavy atom. The average Bonchev–Trinajstić information content (AvgIpc) is 2.48. The van der Waals surface area contributed by atoms with Gasteiger partial charge in [0.2, 0.25) is 0 Å². The molecule has 0 unspecified atom stereocenters. The van der Waals surface area contributed by atoms with Crippen molar-refractivity contribution < 1.29 is 49.8 Å². The smallest absolute Gasteiger partial charge is 0.460 e. The van der Waals surface area contributed by atoms with E-state index in [1.807, 2.05) is 0 Å². The van der Waals surface area contributed by atoms with Gasteiger partial charge in [-0.05, 0) is 24.6 Å². The highest BCUT2D eigenvalue weighted by Gasteiger charge is 2.77. The standard InChI is InChI=1S/C14H11F7O4/c1-2-24-10(22)7-8-3-5-9(6-4-8)25-11(23)12(15,16)13(17,18)14(19,20)21/h3-6H,2,7H2,1H3. The number of carbonyl (C=O) groups is 2. The van der Waals surface area contributed by atoms with Crippen LogP contribution in [0.2, 0.25) is 0 Å². The van der Waals surface area contributed by atoms with E-state index < -0.39 is 35.7 Å². The van der Waals surface area contributed by atoms with Gasteiger partial charge in [-0.2, -0.15) is 30.7 Å². The molecule has 1 aromatic carbocycles. The van der Waals surface area contributed by atoms with Crippen LogP contribution in [0.25, 0.3) is 0 Å². The molecule has 0 aliphatic carbocycles. The van der Waals surface area contributed by atoms with Gasteiger partial charge in [0.25, 0.3) is 0 Å². The largest absolute Gasteiger partial charge is 0.466 e. The molecule has 0 radical (unpaired) electrons. The third-order valence-corrected chi connectivity index (χ3v) is 2.79. The van der Waals surface area contributed by atoms with E-state index in [-0.39, 0.29) is 13.0 Å². The summed E-state index contributed by atoms with van der Waals surface area (Å²) in [7, 11) is 0. The molecular formula is C14H11F7O4. The first-order valence-corrected chi connectivity index (χ1v) is 6.62. The molecule has 0 atom stereocenters. The van der Waals surface area contributed by atoms with Gasteiger partial charge in [-0.1, -0.05) is 12.1 Å². The van der Waals surface area contributed by atoms with E-state index in [0.29, 0.717) is 5.56 Å². The van der Waals surface area contributed by atoms with Crippen molar-refractivity contribution in [2.45, 2.75) is 31.4 Å². The molecule has 0 amide bonds. The van der Waals surface area contributed by atoms with Crippen LogP contribution in [0, 0.1) is 0 Å². The Morgan fingerprint density at radius 3 is 1.92 bits per heavy atom. The maximum atomic E-state index is 13.1. The van der Waals surface area contributed by atoms with E-state index in [4.69, 9.17) is 0 Å². The molecule has 25 heavy (non-hydrogen) atoms. The van der Waals surface area contributed by atoms with Gasteiger partial charge in [0.05, 0.1) is 13.0 Å². The van der Waals surface area contributed by atoms with Crippen molar-refractivity contribution in [3.05, 3.63) is 29.8 Å². The summed E-state index contributed by atoms with van der Waals surface area (Å²) in [5.74, 6) is -17.1. The topological polar surface area (TPSA) is 52.6 Å². The summed E-state index contributed by atoms with van der Waals surface area (Å²) in [5.41, 5.74) is 0.311. The maximum absolute atomic E-state index is 13.1. The first-order valence-electron chi connectivity index (χ1n) is 6.62. The number of carbonyl (C=O) groups excluding carboxylic acids is 2. The lowest BCUT2D eigenvalue weighted by atomic mass is 10.1. The Morgan fingerprint density at radius 1 is 0.960 bits per heavy atom. The van der Waals surface area contributed by atoms with E-state index in [2.05, 4.69) is 9.47 Å². The number of hydrogen-bond donors (Lipinski definition) is 0. The van der Waals surface area contributed by atoms with Crippen LogP contribution in [0.4, 0.5) is 30.7 Å². The summed E-state index contributed by atoms with van der Waals surface area (Å²) in [6, 6.07) is 3.96. The van der Waals surface area contributed by atoms with Crippen LogP contribution in [0.15, 0.2) is 24.3 Å². The summed E-state index contributed by atoms with van der Waals surface area (Å²) in [6.07, 6.45) is -6.84. The highest BCUT2D eigenvalue weighted by molar-refractivity contribution is 5.81. The van der Waals surface area contributed by atoms with E-state index in [9.17, 15) is 40.3 Å². The zero-order valence-corrected chi connectivity index (χ0v) is 12.5. The van der Waals surface area contributed by atoms with E-state index >= 15 is 0 Å². The summed E-state index contributed by atoms with van der Waals surface area (Å²) in [5, 5.41) is 0. The Bertz CT molecular complexity index is 623. The molecule has 0 aliphatic heterocycles. The highest BCUT2D eigenvalue weighted by atomic mass is 19.4. The fourth-order valence-corrected chi connectivity index (χ4v) is 1.53. The monoisotopic (exact) mass is 376 g/mol. The minimum atomic E-state index is -6.64. The molecule has 0 spiro atoms. The van der Waals surface area contributed by atoms with Crippen LogP contribution in [-0.2, 0) is 20.7 Å². The van der Waals surface area contributed by atoms with Gasteiger partial charge in [0.1, 0.15) is 5.75 Å². The highest BCUT2D eigenvalue weighted by Crippen LogP contribution is 2.47. The predicted octanol–water partition coefficient (Wildman–Crippen LogP) is 3.53. The van der Waals surface area contributed by atoms with Crippen molar-refractivity contribution in [3.8, 4) is 5.75 Å². The minimum absolute atomic E-state index is 0.122. The lowest BCUT2D eigenvalue weighted by Gasteiger charge is -2.26. The number of esters is 2. The van der Waals surface area contributed by atoms with Gasteiger partial charge in [-0.15, -0.1) is 0 Å². The van der Waals surface area contributed by atoms with Crippen molar-refractivity contribution in [2.75, 3.05) is 6.61 Å².